The zero-order valence-corrected chi connectivity index (χ0v) is 13.1. The summed E-state index contributed by atoms with van der Waals surface area (Å²) in [5, 5.41) is 2.04. The van der Waals surface area contributed by atoms with E-state index in [2.05, 4.69) is 53.2 Å². The van der Waals surface area contributed by atoms with Gasteiger partial charge in [-0.15, -0.1) is 11.3 Å². The number of hydrogen-bond acceptors (Lipinski definition) is 2. The molecule has 0 fully saturated rings. The summed E-state index contributed by atoms with van der Waals surface area (Å²) in [5.74, 6) is 0.932. The molecule has 0 aliphatic carbocycles. The lowest BCUT2D eigenvalue weighted by atomic mass is 10.1. The van der Waals surface area contributed by atoms with Gasteiger partial charge in [0.25, 0.3) is 0 Å². The molecule has 96 valence electrons. The van der Waals surface area contributed by atoms with Gasteiger partial charge < -0.3 is 4.74 Å². The van der Waals surface area contributed by atoms with Crippen molar-refractivity contribution in [3.63, 3.8) is 0 Å². The molecular weight excluding hydrogens is 308 g/mol. The summed E-state index contributed by atoms with van der Waals surface area (Å²) in [7, 11) is 1.70. The summed E-state index contributed by atoms with van der Waals surface area (Å²) >= 11 is 5.47. The van der Waals surface area contributed by atoms with Crippen LogP contribution in [0.5, 0.6) is 5.75 Å². The topological polar surface area (TPSA) is 9.23 Å². The van der Waals surface area contributed by atoms with Crippen molar-refractivity contribution in [1.29, 1.82) is 0 Å². The number of benzene rings is 1. The highest BCUT2D eigenvalue weighted by Gasteiger charge is 2.13. The van der Waals surface area contributed by atoms with Crippen molar-refractivity contribution in [3.05, 3.63) is 51.7 Å². The second-order valence-electron chi connectivity index (χ2n) is 4.24. The molecule has 1 nitrogen and oxygen atoms in total. The van der Waals surface area contributed by atoms with Crippen LogP contribution in [0.2, 0.25) is 0 Å². The first-order valence-corrected chi connectivity index (χ1v) is 7.89. The standard InChI is InChI=1S/C15H17BrOS/c1-3-4-11-5-7-12(8-6-11)15(16)14-9-13(17-2)10-18-14/h5-10,15H,3-4H2,1-2H3. The molecule has 3 heteroatoms. The zero-order chi connectivity index (χ0) is 13.0. The maximum absolute atomic E-state index is 5.22. The minimum absolute atomic E-state index is 0.252. The first-order chi connectivity index (χ1) is 8.74. The fraction of sp³-hybridized carbons (Fsp3) is 0.333. The first-order valence-electron chi connectivity index (χ1n) is 6.10. The van der Waals surface area contributed by atoms with Gasteiger partial charge in [0.1, 0.15) is 5.75 Å². The molecule has 2 rings (SSSR count). The van der Waals surface area contributed by atoms with Gasteiger partial charge in [0.2, 0.25) is 0 Å². The molecule has 0 saturated heterocycles. The fourth-order valence-corrected chi connectivity index (χ4v) is 3.50. The normalized spacial score (nSPS) is 12.4. The van der Waals surface area contributed by atoms with Crippen LogP contribution >= 0.6 is 27.3 Å². The average Bonchev–Trinajstić information content (AvgIpc) is 2.88. The van der Waals surface area contributed by atoms with E-state index in [0.29, 0.717) is 0 Å². The van der Waals surface area contributed by atoms with Crippen LogP contribution in [0.25, 0.3) is 0 Å². The van der Waals surface area contributed by atoms with Gasteiger partial charge in [0, 0.05) is 10.3 Å². The van der Waals surface area contributed by atoms with Gasteiger partial charge in [-0.3, -0.25) is 0 Å². The quantitative estimate of drug-likeness (QED) is 0.687. The van der Waals surface area contributed by atoms with Crippen LogP contribution in [-0.4, -0.2) is 7.11 Å². The second-order valence-corrected chi connectivity index (χ2v) is 6.10. The van der Waals surface area contributed by atoms with E-state index in [9.17, 15) is 0 Å². The molecule has 1 atom stereocenters. The molecule has 0 radical (unpaired) electrons. The summed E-state index contributed by atoms with van der Waals surface area (Å²) in [6, 6.07) is 10.9. The first kappa shape index (κ1) is 13.6. The Morgan fingerprint density at radius 2 is 2.00 bits per heavy atom. The van der Waals surface area contributed by atoms with Crippen LogP contribution in [0, 0.1) is 0 Å². The van der Waals surface area contributed by atoms with E-state index in [1.165, 1.54) is 22.4 Å². The van der Waals surface area contributed by atoms with Crippen LogP contribution in [0.15, 0.2) is 35.7 Å². The molecular formula is C15H17BrOS. The van der Waals surface area contributed by atoms with Crippen LogP contribution in [-0.2, 0) is 6.42 Å². The van der Waals surface area contributed by atoms with Crippen molar-refractivity contribution in [2.24, 2.45) is 0 Å². The Kier molecular flexibility index (Phi) is 4.84. The summed E-state index contributed by atoms with van der Waals surface area (Å²) in [6.45, 7) is 2.21. The van der Waals surface area contributed by atoms with Crippen molar-refractivity contribution in [1.82, 2.24) is 0 Å². The zero-order valence-electron chi connectivity index (χ0n) is 10.7. The fourth-order valence-electron chi connectivity index (χ4n) is 1.88. The minimum Gasteiger partial charge on any atom is -0.496 e. The maximum Gasteiger partial charge on any atom is 0.129 e. The highest BCUT2D eigenvalue weighted by molar-refractivity contribution is 9.09. The molecule has 18 heavy (non-hydrogen) atoms. The Morgan fingerprint density at radius 3 is 2.56 bits per heavy atom. The van der Waals surface area contributed by atoms with Crippen molar-refractivity contribution in [2.75, 3.05) is 7.11 Å². The van der Waals surface area contributed by atoms with Gasteiger partial charge in [-0.1, -0.05) is 53.5 Å². The lowest BCUT2D eigenvalue weighted by molar-refractivity contribution is 0.416. The third kappa shape index (κ3) is 3.15. The van der Waals surface area contributed by atoms with E-state index in [-0.39, 0.29) is 4.83 Å². The number of thiophene rings is 1. The molecule has 0 bridgehead atoms. The molecule has 1 aromatic carbocycles. The molecule has 2 aromatic rings. The largest absolute Gasteiger partial charge is 0.496 e. The summed E-state index contributed by atoms with van der Waals surface area (Å²) in [6.07, 6.45) is 2.35. The van der Waals surface area contributed by atoms with E-state index >= 15 is 0 Å². The van der Waals surface area contributed by atoms with E-state index in [0.717, 1.165) is 12.2 Å². The number of ether oxygens (including phenoxy) is 1. The number of hydrogen-bond donors (Lipinski definition) is 0. The van der Waals surface area contributed by atoms with Crippen LogP contribution < -0.4 is 4.74 Å². The molecule has 0 spiro atoms. The van der Waals surface area contributed by atoms with Gasteiger partial charge in [0.05, 0.1) is 11.9 Å². The molecule has 0 aliphatic rings. The number of rotatable bonds is 5. The van der Waals surface area contributed by atoms with E-state index < -0.39 is 0 Å². The monoisotopic (exact) mass is 324 g/mol. The van der Waals surface area contributed by atoms with E-state index in [1.807, 2.05) is 5.38 Å². The number of aryl methyl sites for hydroxylation is 1. The SMILES string of the molecule is CCCc1ccc(C(Br)c2cc(OC)cs2)cc1. The molecule has 1 aromatic heterocycles. The number of alkyl halides is 1. The van der Waals surface area contributed by atoms with Crippen molar-refractivity contribution in [2.45, 2.75) is 24.6 Å². The van der Waals surface area contributed by atoms with Crippen molar-refractivity contribution in [3.8, 4) is 5.75 Å². The maximum atomic E-state index is 5.22. The van der Waals surface area contributed by atoms with Crippen molar-refractivity contribution >= 4 is 27.3 Å². The Labute approximate surface area is 121 Å². The molecule has 0 aliphatic heterocycles. The number of methoxy groups -OCH3 is 1. The molecule has 1 unspecified atom stereocenters. The lowest BCUT2D eigenvalue weighted by Gasteiger charge is -2.09. The lowest BCUT2D eigenvalue weighted by Crippen LogP contribution is -1.91. The Bertz CT molecular complexity index is 489. The van der Waals surface area contributed by atoms with Crippen molar-refractivity contribution < 1.29 is 4.74 Å². The highest BCUT2D eigenvalue weighted by Crippen LogP contribution is 2.36. The second kappa shape index (κ2) is 6.39. The van der Waals surface area contributed by atoms with Gasteiger partial charge in [-0.2, -0.15) is 0 Å². The smallest absolute Gasteiger partial charge is 0.129 e. The van der Waals surface area contributed by atoms with Crippen LogP contribution in [0.4, 0.5) is 0 Å². The number of halogens is 1. The van der Waals surface area contributed by atoms with E-state index in [4.69, 9.17) is 4.74 Å². The average molecular weight is 325 g/mol. The highest BCUT2D eigenvalue weighted by atomic mass is 79.9. The third-order valence-corrected chi connectivity index (χ3v) is 5.19. The van der Waals surface area contributed by atoms with Crippen LogP contribution in [0.3, 0.4) is 0 Å². The third-order valence-electron chi connectivity index (χ3n) is 2.89. The predicted molar refractivity (Wildman–Crippen MR) is 82.1 cm³/mol. The summed E-state index contributed by atoms with van der Waals surface area (Å²) < 4.78 is 5.22. The predicted octanol–water partition coefficient (Wildman–Crippen LogP) is 5.19. The van der Waals surface area contributed by atoms with Gasteiger partial charge in [0.15, 0.2) is 0 Å². The summed E-state index contributed by atoms with van der Waals surface area (Å²) in [4.78, 5) is 1.53. The molecule has 0 saturated carbocycles. The molecule has 0 N–H and O–H groups in total. The van der Waals surface area contributed by atoms with Gasteiger partial charge >= 0.3 is 0 Å². The molecule has 0 amide bonds. The van der Waals surface area contributed by atoms with Gasteiger partial charge in [-0.25, -0.2) is 0 Å². The van der Waals surface area contributed by atoms with E-state index in [1.54, 1.807) is 18.4 Å². The molecule has 1 heterocycles. The Morgan fingerprint density at radius 1 is 1.28 bits per heavy atom. The minimum atomic E-state index is 0.252. The Balaban J connectivity index is 2.14. The van der Waals surface area contributed by atoms with Crippen LogP contribution in [0.1, 0.15) is 34.2 Å². The van der Waals surface area contributed by atoms with Gasteiger partial charge in [-0.05, 0) is 23.6 Å². The summed E-state index contributed by atoms with van der Waals surface area (Å²) in [5.41, 5.74) is 2.70. The Hall–Kier alpha value is -0.800.